The van der Waals surface area contributed by atoms with Gasteiger partial charge in [-0.25, -0.2) is 9.59 Å². The van der Waals surface area contributed by atoms with Crippen molar-refractivity contribution in [1.82, 2.24) is 0 Å². The van der Waals surface area contributed by atoms with E-state index in [0.29, 0.717) is 41.6 Å². The fourth-order valence-corrected chi connectivity index (χ4v) is 4.09. The van der Waals surface area contributed by atoms with Crippen molar-refractivity contribution < 1.29 is 28.5 Å². The van der Waals surface area contributed by atoms with Crippen molar-refractivity contribution in [3.8, 4) is 23.0 Å². The van der Waals surface area contributed by atoms with Crippen molar-refractivity contribution in [2.75, 3.05) is 19.0 Å². The highest BCUT2D eigenvalue weighted by atomic mass is 32.1. The van der Waals surface area contributed by atoms with E-state index in [1.54, 1.807) is 66.7 Å². The Morgan fingerprint density at radius 3 is 1.88 bits per heavy atom. The number of esters is 2. The Morgan fingerprint density at radius 2 is 1.25 bits per heavy atom. The highest BCUT2D eigenvalue weighted by molar-refractivity contribution is 7.80. The Hall–Kier alpha value is -3.71. The topological polar surface area (TPSA) is 71.1 Å². The van der Waals surface area contributed by atoms with Gasteiger partial charge in [0.05, 0.1) is 24.3 Å². The van der Waals surface area contributed by atoms with Crippen molar-refractivity contribution in [2.45, 2.75) is 51.9 Å². The third-order valence-corrected chi connectivity index (χ3v) is 6.44. The minimum atomic E-state index is -0.485. The summed E-state index contributed by atoms with van der Waals surface area (Å²) in [6.07, 6.45) is 9.22. The fourth-order valence-electron chi connectivity index (χ4n) is 3.86. The lowest BCUT2D eigenvalue weighted by Gasteiger charge is -2.11. The molecular weight excluding hydrogens is 524 g/mol. The SMILES string of the molecule is C=CCCCCOc1ccc(C(=O)Oc2ccc(OC(=O)c3ccc(OCCCCCCS)cc3)cc2)cc1C. The molecule has 0 unspecified atom stereocenters. The first-order chi connectivity index (χ1) is 19.5. The molecule has 0 spiro atoms. The first kappa shape index (κ1) is 30.8. The normalized spacial score (nSPS) is 10.6. The van der Waals surface area contributed by atoms with Gasteiger partial charge in [-0.05, 0) is 117 Å². The number of thiol groups is 1. The maximum absolute atomic E-state index is 12.6. The van der Waals surface area contributed by atoms with Crippen molar-refractivity contribution in [3.63, 3.8) is 0 Å². The lowest BCUT2D eigenvalue weighted by atomic mass is 10.1. The molecule has 0 aromatic heterocycles. The van der Waals surface area contributed by atoms with Crippen LogP contribution >= 0.6 is 12.6 Å². The van der Waals surface area contributed by atoms with Crippen molar-refractivity contribution in [3.05, 3.63) is 96.1 Å². The van der Waals surface area contributed by atoms with Crippen LogP contribution in [-0.4, -0.2) is 30.9 Å². The first-order valence-corrected chi connectivity index (χ1v) is 14.4. The molecule has 0 aliphatic rings. The van der Waals surface area contributed by atoms with Crippen LogP contribution < -0.4 is 18.9 Å². The molecule has 0 fully saturated rings. The minimum Gasteiger partial charge on any atom is -0.494 e. The largest absolute Gasteiger partial charge is 0.494 e. The average Bonchev–Trinajstić information content (AvgIpc) is 2.96. The molecule has 0 aliphatic carbocycles. The van der Waals surface area contributed by atoms with E-state index in [0.717, 1.165) is 62.0 Å². The van der Waals surface area contributed by atoms with E-state index in [2.05, 4.69) is 19.2 Å². The molecule has 3 aromatic carbocycles. The van der Waals surface area contributed by atoms with Crippen LogP contribution in [0, 0.1) is 6.92 Å². The number of ether oxygens (including phenoxy) is 4. The standard InChI is InChI=1S/C33H38O6S/c1-3-4-5-8-22-37-31-20-13-27(24-25(31)2)33(35)39-30-18-16-29(17-19-30)38-32(34)26-11-14-28(15-12-26)36-21-9-6-7-10-23-40/h3,11-20,24,40H,1,4-10,21-23H2,2H3. The smallest absolute Gasteiger partial charge is 0.343 e. The van der Waals surface area contributed by atoms with E-state index < -0.39 is 11.9 Å². The van der Waals surface area contributed by atoms with Crippen LogP contribution in [0.25, 0.3) is 0 Å². The maximum atomic E-state index is 12.6. The molecule has 7 heteroatoms. The molecule has 0 atom stereocenters. The Labute approximate surface area is 242 Å². The van der Waals surface area contributed by atoms with E-state index in [9.17, 15) is 9.59 Å². The van der Waals surface area contributed by atoms with Crippen LogP contribution in [-0.2, 0) is 0 Å². The number of benzene rings is 3. The van der Waals surface area contributed by atoms with Crippen LogP contribution in [0.4, 0.5) is 0 Å². The van der Waals surface area contributed by atoms with Gasteiger partial charge in [-0.3, -0.25) is 0 Å². The number of allylic oxidation sites excluding steroid dienone is 1. The average molecular weight is 563 g/mol. The quantitative estimate of drug-likeness (QED) is 0.0590. The molecule has 0 amide bonds. The molecule has 0 bridgehead atoms. The molecule has 0 aliphatic heterocycles. The maximum Gasteiger partial charge on any atom is 0.343 e. The van der Waals surface area contributed by atoms with E-state index >= 15 is 0 Å². The van der Waals surface area contributed by atoms with E-state index in [-0.39, 0.29) is 0 Å². The second-order valence-electron chi connectivity index (χ2n) is 9.37. The number of hydrogen-bond donors (Lipinski definition) is 1. The Morgan fingerprint density at radius 1 is 0.700 bits per heavy atom. The zero-order valence-corrected chi connectivity index (χ0v) is 24.0. The number of unbranched alkanes of at least 4 members (excludes halogenated alkanes) is 5. The zero-order chi connectivity index (χ0) is 28.6. The van der Waals surface area contributed by atoms with Crippen LogP contribution in [0.1, 0.15) is 71.2 Å². The predicted octanol–water partition coefficient (Wildman–Crippen LogP) is 8.04. The monoisotopic (exact) mass is 562 g/mol. The molecule has 0 N–H and O–H groups in total. The summed E-state index contributed by atoms with van der Waals surface area (Å²) < 4.78 is 22.5. The summed E-state index contributed by atoms with van der Waals surface area (Å²) in [6.45, 7) is 6.88. The van der Waals surface area contributed by atoms with Crippen LogP contribution in [0.3, 0.4) is 0 Å². The van der Waals surface area contributed by atoms with E-state index in [4.69, 9.17) is 18.9 Å². The fraction of sp³-hybridized carbons (Fsp3) is 0.333. The van der Waals surface area contributed by atoms with Crippen molar-refractivity contribution >= 4 is 24.6 Å². The Balaban J connectivity index is 1.45. The summed E-state index contributed by atoms with van der Waals surface area (Å²) in [5, 5.41) is 0. The van der Waals surface area contributed by atoms with Crippen LogP contribution in [0.5, 0.6) is 23.0 Å². The number of hydrogen-bond acceptors (Lipinski definition) is 7. The number of rotatable bonds is 17. The summed E-state index contributed by atoms with van der Waals surface area (Å²) in [4.78, 5) is 25.2. The Bertz CT molecular complexity index is 1220. The third-order valence-electron chi connectivity index (χ3n) is 6.13. The third kappa shape index (κ3) is 10.5. The van der Waals surface area contributed by atoms with Gasteiger partial charge in [0.2, 0.25) is 0 Å². The van der Waals surface area contributed by atoms with Gasteiger partial charge in [0.15, 0.2) is 0 Å². The summed E-state index contributed by atoms with van der Waals surface area (Å²) in [5.74, 6) is 2.10. The lowest BCUT2D eigenvalue weighted by molar-refractivity contribution is 0.0719. The summed E-state index contributed by atoms with van der Waals surface area (Å²) in [6, 6.07) is 18.4. The van der Waals surface area contributed by atoms with Crippen LogP contribution in [0.2, 0.25) is 0 Å². The van der Waals surface area contributed by atoms with Crippen molar-refractivity contribution in [2.24, 2.45) is 0 Å². The Kier molecular flexibility index (Phi) is 13.2. The molecule has 0 radical (unpaired) electrons. The van der Waals surface area contributed by atoms with E-state index in [1.165, 1.54) is 0 Å². The number of carbonyl (C=O) groups excluding carboxylic acids is 2. The summed E-state index contributed by atoms with van der Waals surface area (Å²) >= 11 is 4.22. The first-order valence-electron chi connectivity index (χ1n) is 13.7. The lowest BCUT2D eigenvalue weighted by Crippen LogP contribution is -2.10. The second kappa shape index (κ2) is 17.1. The van der Waals surface area contributed by atoms with Gasteiger partial charge in [0.1, 0.15) is 23.0 Å². The van der Waals surface area contributed by atoms with Gasteiger partial charge in [-0.2, -0.15) is 12.6 Å². The van der Waals surface area contributed by atoms with Gasteiger partial charge in [-0.15, -0.1) is 6.58 Å². The van der Waals surface area contributed by atoms with Crippen LogP contribution in [0.15, 0.2) is 79.4 Å². The number of carbonyl (C=O) groups is 2. The highest BCUT2D eigenvalue weighted by Crippen LogP contribution is 2.23. The summed E-state index contributed by atoms with van der Waals surface area (Å²) in [5.41, 5.74) is 1.70. The molecule has 3 aromatic rings. The molecule has 40 heavy (non-hydrogen) atoms. The molecule has 0 heterocycles. The zero-order valence-electron chi connectivity index (χ0n) is 23.1. The van der Waals surface area contributed by atoms with Gasteiger partial charge in [-0.1, -0.05) is 18.9 Å². The molecule has 3 rings (SSSR count). The number of aryl methyl sites for hydroxylation is 1. The predicted molar refractivity (Wildman–Crippen MR) is 161 cm³/mol. The van der Waals surface area contributed by atoms with Crippen molar-refractivity contribution in [1.29, 1.82) is 0 Å². The molecule has 0 saturated carbocycles. The minimum absolute atomic E-state index is 0.344. The highest BCUT2D eigenvalue weighted by Gasteiger charge is 2.13. The second-order valence-corrected chi connectivity index (χ2v) is 9.82. The van der Waals surface area contributed by atoms with Gasteiger partial charge < -0.3 is 18.9 Å². The van der Waals surface area contributed by atoms with Gasteiger partial charge in [0.25, 0.3) is 0 Å². The van der Waals surface area contributed by atoms with E-state index in [1.807, 2.05) is 13.0 Å². The van der Waals surface area contributed by atoms with Gasteiger partial charge in [0, 0.05) is 0 Å². The van der Waals surface area contributed by atoms with Gasteiger partial charge >= 0.3 is 11.9 Å². The molecule has 0 saturated heterocycles. The summed E-state index contributed by atoms with van der Waals surface area (Å²) in [7, 11) is 0. The molecular formula is C33H38O6S. The molecule has 6 nitrogen and oxygen atoms in total. The molecule has 212 valence electrons.